The van der Waals surface area contributed by atoms with E-state index in [1.54, 1.807) is 11.8 Å². The van der Waals surface area contributed by atoms with Crippen LogP contribution in [0.3, 0.4) is 0 Å². The summed E-state index contributed by atoms with van der Waals surface area (Å²) in [4.78, 5) is 4.42. The molecular weight excluding hydrogens is 240 g/mol. The maximum Gasteiger partial charge on any atom is 0.155 e. The van der Waals surface area contributed by atoms with Crippen LogP contribution in [0.2, 0.25) is 0 Å². The van der Waals surface area contributed by atoms with Crippen molar-refractivity contribution >= 4 is 0 Å². The Kier molecular flexibility index (Phi) is 4.16. The zero-order valence-corrected chi connectivity index (χ0v) is 11.7. The number of rotatable bonds is 5. The number of aromatic nitrogens is 3. The fourth-order valence-corrected chi connectivity index (χ4v) is 2.13. The summed E-state index contributed by atoms with van der Waals surface area (Å²) in [6.45, 7) is 2.53. The smallest absolute Gasteiger partial charge is 0.155 e. The van der Waals surface area contributed by atoms with Crippen LogP contribution in [0.1, 0.15) is 29.7 Å². The predicted molar refractivity (Wildman–Crippen MR) is 74.1 cm³/mol. The van der Waals surface area contributed by atoms with Crippen LogP contribution in [0.25, 0.3) is 0 Å². The second-order valence-electron chi connectivity index (χ2n) is 4.45. The fourth-order valence-electron chi connectivity index (χ4n) is 2.13. The molecule has 0 saturated heterocycles. The number of methoxy groups -OCH3 is 1. The molecule has 0 saturated carbocycles. The van der Waals surface area contributed by atoms with E-state index in [-0.39, 0.29) is 0 Å². The molecule has 2 aromatic rings. The van der Waals surface area contributed by atoms with Gasteiger partial charge in [-0.2, -0.15) is 5.10 Å². The van der Waals surface area contributed by atoms with E-state index >= 15 is 0 Å². The minimum Gasteiger partial charge on any atom is -0.496 e. The molecule has 102 valence electrons. The van der Waals surface area contributed by atoms with Crippen LogP contribution in [0, 0.1) is 0 Å². The highest BCUT2D eigenvalue weighted by Gasteiger charge is 2.08. The Morgan fingerprint density at radius 1 is 1.37 bits per heavy atom. The monoisotopic (exact) mass is 260 g/mol. The Labute approximate surface area is 113 Å². The number of ether oxygens (including phenoxy) is 1. The lowest BCUT2D eigenvalue weighted by molar-refractivity contribution is 0.410. The lowest BCUT2D eigenvalue weighted by Crippen LogP contribution is -2.05. The van der Waals surface area contributed by atoms with E-state index in [0.717, 1.165) is 23.8 Å². The van der Waals surface area contributed by atoms with Gasteiger partial charge in [0.1, 0.15) is 11.6 Å². The van der Waals surface area contributed by atoms with Gasteiger partial charge in [0.05, 0.1) is 13.7 Å². The molecule has 1 aromatic heterocycles. The summed E-state index contributed by atoms with van der Waals surface area (Å²) in [6, 6.07) is 6.20. The second kappa shape index (κ2) is 5.84. The van der Waals surface area contributed by atoms with Gasteiger partial charge in [-0.3, -0.25) is 4.68 Å². The van der Waals surface area contributed by atoms with Crippen LogP contribution >= 0.6 is 0 Å². The number of aryl methyl sites for hydroxylation is 2. The van der Waals surface area contributed by atoms with Gasteiger partial charge in [-0.1, -0.05) is 19.1 Å². The first kappa shape index (κ1) is 13.5. The number of nitrogens with zero attached hydrogens (tertiary/aromatic N) is 3. The van der Waals surface area contributed by atoms with Gasteiger partial charge in [0, 0.05) is 13.5 Å². The summed E-state index contributed by atoms with van der Waals surface area (Å²) in [5, 5.41) is 4.37. The molecule has 5 heteroatoms. The van der Waals surface area contributed by atoms with E-state index in [0.29, 0.717) is 13.0 Å². The maximum absolute atomic E-state index is 5.60. The Hall–Kier alpha value is -1.88. The van der Waals surface area contributed by atoms with E-state index in [4.69, 9.17) is 10.5 Å². The van der Waals surface area contributed by atoms with Crippen molar-refractivity contribution in [2.75, 3.05) is 7.11 Å². The lowest BCUT2D eigenvalue weighted by atomic mass is 10.1. The van der Waals surface area contributed by atoms with E-state index in [2.05, 4.69) is 29.1 Å². The molecule has 0 radical (unpaired) electrons. The van der Waals surface area contributed by atoms with Crippen LogP contribution in [-0.4, -0.2) is 21.9 Å². The summed E-state index contributed by atoms with van der Waals surface area (Å²) in [7, 11) is 3.56. The molecule has 0 bridgehead atoms. The highest BCUT2D eigenvalue weighted by molar-refractivity contribution is 5.38. The molecule has 0 aliphatic heterocycles. The van der Waals surface area contributed by atoms with Gasteiger partial charge < -0.3 is 10.5 Å². The molecule has 0 aliphatic carbocycles. The Balaban J connectivity index is 2.22. The van der Waals surface area contributed by atoms with Crippen molar-refractivity contribution in [2.45, 2.75) is 26.3 Å². The zero-order valence-electron chi connectivity index (χ0n) is 11.7. The van der Waals surface area contributed by atoms with Crippen molar-refractivity contribution in [3.63, 3.8) is 0 Å². The molecule has 5 nitrogen and oxygen atoms in total. The Morgan fingerprint density at radius 3 is 2.74 bits per heavy atom. The molecule has 2 N–H and O–H groups in total. The molecule has 2 rings (SSSR count). The first-order valence-corrected chi connectivity index (χ1v) is 6.42. The molecular formula is C14H20N4O. The number of hydrogen-bond acceptors (Lipinski definition) is 4. The standard InChI is InChI=1S/C14H20N4O/c1-4-11-7-10(5-6-12(11)19-3)8-13-16-14(9-15)18(2)17-13/h5-7H,4,8-9,15H2,1-3H3. The van der Waals surface area contributed by atoms with Gasteiger partial charge in [0.15, 0.2) is 5.82 Å². The summed E-state index contributed by atoms with van der Waals surface area (Å²) in [5.74, 6) is 2.54. The largest absolute Gasteiger partial charge is 0.496 e. The molecule has 19 heavy (non-hydrogen) atoms. The van der Waals surface area contributed by atoms with Crippen LogP contribution in [0.15, 0.2) is 18.2 Å². The third-order valence-corrected chi connectivity index (χ3v) is 3.17. The van der Waals surface area contributed by atoms with Gasteiger partial charge in [-0.25, -0.2) is 4.98 Å². The van der Waals surface area contributed by atoms with Gasteiger partial charge >= 0.3 is 0 Å². The molecule has 0 spiro atoms. The average molecular weight is 260 g/mol. The third-order valence-electron chi connectivity index (χ3n) is 3.17. The Bertz CT molecular complexity index is 563. The number of benzene rings is 1. The lowest BCUT2D eigenvalue weighted by Gasteiger charge is -2.08. The molecule has 0 atom stereocenters. The van der Waals surface area contributed by atoms with Crippen molar-refractivity contribution in [3.8, 4) is 5.75 Å². The summed E-state index contributed by atoms with van der Waals surface area (Å²) >= 11 is 0. The molecule has 0 amide bonds. The SMILES string of the molecule is CCc1cc(Cc2nc(CN)n(C)n2)ccc1OC. The van der Waals surface area contributed by atoms with E-state index in [9.17, 15) is 0 Å². The average Bonchev–Trinajstić information content (AvgIpc) is 2.78. The van der Waals surface area contributed by atoms with E-state index < -0.39 is 0 Å². The number of hydrogen-bond donors (Lipinski definition) is 1. The van der Waals surface area contributed by atoms with Gasteiger partial charge in [-0.15, -0.1) is 0 Å². The van der Waals surface area contributed by atoms with E-state index in [1.165, 1.54) is 11.1 Å². The van der Waals surface area contributed by atoms with Crippen molar-refractivity contribution in [1.29, 1.82) is 0 Å². The van der Waals surface area contributed by atoms with Crippen molar-refractivity contribution in [2.24, 2.45) is 12.8 Å². The van der Waals surface area contributed by atoms with Gasteiger partial charge in [0.2, 0.25) is 0 Å². The first-order chi connectivity index (χ1) is 9.17. The van der Waals surface area contributed by atoms with Crippen molar-refractivity contribution in [1.82, 2.24) is 14.8 Å². The van der Waals surface area contributed by atoms with Gasteiger partial charge in [-0.05, 0) is 23.6 Å². The highest BCUT2D eigenvalue weighted by Crippen LogP contribution is 2.21. The van der Waals surface area contributed by atoms with Crippen LogP contribution in [0.5, 0.6) is 5.75 Å². The summed E-state index contributed by atoms with van der Waals surface area (Å²) < 4.78 is 7.07. The fraction of sp³-hybridized carbons (Fsp3) is 0.429. The maximum atomic E-state index is 5.60. The molecule has 1 heterocycles. The summed E-state index contributed by atoms with van der Waals surface area (Å²) in [6.07, 6.45) is 1.66. The highest BCUT2D eigenvalue weighted by atomic mass is 16.5. The normalized spacial score (nSPS) is 10.7. The van der Waals surface area contributed by atoms with Crippen LogP contribution in [-0.2, 0) is 26.4 Å². The molecule has 0 unspecified atom stereocenters. The minimum absolute atomic E-state index is 0.409. The predicted octanol–water partition coefficient (Wildman–Crippen LogP) is 1.44. The van der Waals surface area contributed by atoms with Crippen LogP contribution < -0.4 is 10.5 Å². The van der Waals surface area contributed by atoms with Crippen molar-refractivity contribution in [3.05, 3.63) is 41.0 Å². The summed E-state index contributed by atoms with van der Waals surface area (Å²) in [5.41, 5.74) is 7.99. The second-order valence-corrected chi connectivity index (χ2v) is 4.45. The molecule has 0 fully saturated rings. The molecule has 0 aliphatic rings. The molecule has 1 aromatic carbocycles. The first-order valence-electron chi connectivity index (χ1n) is 6.42. The topological polar surface area (TPSA) is 66.0 Å². The Morgan fingerprint density at radius 2 is 2.16 bits per heavy atom. The van der Waals surface area contributed by atoms with Crippen molar-refractivity contribution < 1.29 is 4.74 Å². The third kappa shape index (κ3) is 2.93. The zero-order chi connectivity index (χ0) is 13.8. The number of nitrogens with two attached hydrogens (primary N) is 1. The van der Waals surface area contributed by atoms with E-state index in [1.807, 2.05) is 13.1 Å². The van der Waals surface area contributed by atoms with Crippen LogP contribution in [0.4, 0.5) is 0 Å². The minimum atomic E-state index is 0.409. The quantitative estimate of drug-likeness (QED) is 0.883. The van der Waals surface area contributed by atoms with Gasteiger partial charge in [0.25, 0.3) is 0 Å².